The molecule has 0 saturated heterocycles. The Hall–Kier alpha value is -1.68. The molecular formula is C15H17ClN2O2. The van der Waals surface area contributed by atoms with E-state index >= 15 is 0 Å². The van der Waals surface area contributed by atoms with Crippen LogP contribution in [-0.2, 0) is 12.8 Å². The fourth-order valence-corrected chi connectivity index (χ4v) is 2.57. The first kappa shape index (κ1) is 14.7. The highest BCUT2D eigenvalue weighted by atomic mass is 35.5. The van der Waals surface area contributed by atoms with E-state index in [-0.39, 0.29) is 16.6 Å². The van der Waals surface area contributed by atoms with Crippen molar-refractivity contribution in [1.29, 1.82) is 0 Å². The Bertz CT molecular complexity index is 668. The van der Waals surface area contributed by atoms with Gasteiger partial charge in [-0.05, 0) is 36.5 Å². The summed E-state index contributed by atoms with van der Waals surface area (Å²) < 4.78 is 0. The predicted molar refractivity (Wildman–Crippen MR) is 81.3 cm³/mol. The Balaban J connectivity index is 2.74. The van der Waals surface area contributed by atoms with E-state index < -0.39 is 4.92 Å². The predicted octanol–water partition coefficient (Wildman–Crippen LogP) is 4.56. The molecule has 20 heavy (non-hydrogen) atoms. The Kier molecular flexibility index (Phi) is 4.23. The Morgan fingerprint density at radius 3 is 2.65 bits per heavy atom. The third-order valence-corrected chi connectivity index (χ3v) is 3.61. The van der Waals surface area contributed by atoms with E-state index in [0.29, 0.717) is 23.0 Å². The van der Waals surface area contributed by atoms with E-state index in [9.17, 15) is 10.1 Å². The zero-order valence-electron chi connectivity index (χ0n) is 11.8. The van der Waals surface area contributed by atoms with Crippen molar-refractivity contribution in [3.05, 3.63) is 44.6 Å². The van der Waals surface area contributed by atoms with E-state index in [1.165, 1.54) is 0 Å². The summed E-state index contributed by atoms with van der Waals surface area (Å²) in [7, 11) is 0. The number of nitrogens with zero attached hydrogens (tertiary/aromatic N) is 2. The van der Waals surface area contributed by atoms with Crippen LogP contribution in [0.25, 0.3) is 10.9 Å². The molecule has 1 aromatic carbocycles. The number of hydrogen-bond donors (Lipinski definition) is 0. The minimum absolute atomic E-state index is 0.0545. The molecule has 0 N–H and O–H groups in total. The molecule has 4 nitrogen and oxygen atoms in total. The van der Waals surface area contributed by atoms with Crippen LogP contribution in [0, 0.1) is 16.0 Å². The summed E-state index contributed by atoms with van der Waals surface area (Å²) in [5, 5.41) is 12.2. The van der Waals surface area contributed by atoms with Gasteiger partial charge in [0.25, 0.3) is 0 Å². The lowest BCUT2D eigenvalue weighted by Crippen LogP contribution is -2.04. The van der Waals surface area contributed by atoms with Crippen LogP contribution in [0.4, 0.5) is 5.69 Å². The third-order valence-electron chi connectivity index (χ3n) is 3.23. The number of aromatic nitrogens is 1. The van der Waals surface area contributed by atoms with Crippen LogP contribution in [0.1, 0.15) is 32.0 Å². The van der Waals surface area contributed by atoms with Crippen molar-refractivity contribution in [3.8, 4) is 0 Å². The van der Waals surface area contributed by atoms with Crippen molar-refractivity contribution in [3.63, 3.8) is 0 Å². The second-order valence-corrected chi connectivity index (χ2v) is 5.66. The maximum Gasteiger partial charge on any atom is 0.309 e. The lowest BCUT2D eigenvalue weighted by molar-refractivity contribution is -0.385. The molecule has 2 rings (SSSR count). The van der Waals surface area contributed by atoms with Crippen LogP contribution in [0.5, 0.6) is 0 Å². The van der Waals surface area contributed by atoms with Crippen molar-refractivity contribution in [2.45, 2.75) is 33.6 Å². The molecule has 0 spiro atoms. The molecule has 0 unspecified atom stereocenters. The monoisotopic (exact) mass is 292 g/mol. The fourth-order valence-electron chi connectivity index (χ4n) is 2.24. The molecule has 0 aliphatic heterocycles. The number of benzene rings is 1. The number of aryl methyl sites for hydroxylation is 1. The maximum absolute atomic E-state index is 11.3. The Morgan fingerprint density at radius 2 is 2.10 bits per heavy atom. The van der Waals surface area contributed by atoms with Gasteiger partial charge in [-0.2, -0.15) is 0 Å². The number of nitro groups is 1. The average Bonchev–Trinajstić information content (AvgIpc) is 2.37. The molecule has 106 valence electrons. The van der Waals surface area contributed by atoms with Crippen molar-refractivity contribution in [1.82, 2.24) is 4.98 Å². The highest BCUT2D eigenvalue weighted by Crippen LogP contribution is 2.35. The SMILES string of the molecule is CCc1ccc2nc(CC(C)C)c([N+](=O)[O-])c(Cl)c2c1. The second-order valence-electron chi connectivity index (χ2n) is 5.28. The van der Waals surface area contributed by atoms with E-state index in [1.807, 2.05) is 39.0 Å². The summed E-state index contributed by atoms with van der Waals surface area (Å²) >= 11 is 6.27. The van der Waals surface area contributed by atoms with Crippen LogP contribution >= 0.6 is 11.6 Å². The molecule has 1 aromatic heterocycles. The smallest absolute Gasteiger partial charge is 0.258 e. The zero-order chi connectivity index (χ0) is 14.9. The van der Waals surface area contributed by atoms with Crippen LogP contribution < -0.4 is 0 Å². The largest absolute Gasteiger partial charge is 0.309 e. The van der Waals surface area contributed by atoms with Crippen LogP contribution in [0.2, 0.25) is 5.02 Å². The van der Waals surface area contributed by atoms with Gasteiger partial charge in [-0.15, -0.1) is 0 Å². The van der Waals surface area contributed by atoms with Crippen molar-refractivity contribution >= 4 is 28.2 Å². The molecule has 0 saturated carbocycles. The van der Waals surface area contributed by atoms with Crippen LogP contribution in [-0.4, -0.2) is 9.91 Å². The molecule has 0 fully saturated rings. The van der Waals surface area contributed by atoms with Gasteiger partial charge in [0.1, 0.15) is 10.7 Å². The first-order chi connectivity index (χ1) is 9.43. The van der Waals surface area contributed by atoms with Crippen molar-refractivity contribution < 1.29 is 4.92 Å². The molecule has 0 radical (unpaired) electrons. The molecule has 0 bridgehead atoms. The zero-order valence-corrected chi connectivity index (χ0v) is 12.6. The van der Waals surface area contributed by atoms with Gasteiger partial charge in [0.15, 0.2) is 0 Å². The van der Waals surface area contributed by atoms with Gasteiger partial charge in [-0.1, -0.05) is 38.4 Å². The molecule has 0 atom stereocenters. The van der Waals surface area contributed by atoms with Gasteiger partial charge < -0.3 is 0 Å². The van der Waals surface area contributed by atoms with E-state index in [0.717, 1.165) is 12.0 Å². The molecule has 0 aliphatic rings. The summed E-state index contributed by atoms with van der Waals surface area (Å²) in [5.41, 5.74) is 2.22. The standard InChI is InChI=1S/C15H17ClN2O2/c1-4-10-5-6-12-11(8-10)14(16)15(18(19)20)13(17-12)7-9(2)3/h5-6,8-9H,4,7H2,1-3H3. The fraction of sp³-hybridized carbons (Fsp3) is 0.400. The number of fused-ring (bicyclic) bond motifs is 1. The number of halogens is 1. The normalized spacial score (nSPS) is 11.2. The van der Waals surface area contributed by atoms with Crippen LogP contribution in [0.15, 0.2) is 18.2 Å². The first-order valence-electron chi connectivity index (χ1n) is 6.69. The second kappa shape index (κ2) is 5.75. The van der Waals surface area contributed by atoms with Gasteiger partial charge in [0, 0.05) is 5.39 Å². The first-order valence-corrected chi connectivity index (χ1v) is 7.07. The Morgan fingerprint density at radius 1 is 1.40 bits per heavy atom. The van der Waals surface area contributed by atoms with Crippen molar-refractivity contribution in [2.75, 3.05) is 0 Å². The number of pyridine rings is 1. The number of rotatable bonds is 4. The highest BCUT2D eigenvalue weighted by molar-refractivity contribution is 6.37. The summed E-state index contributed by atoms with van der Waals surface area (Å²) in [6.45, 7) is 6.04. The Labute approximate surface area is 122 Å². The third kappa shape index (κ3) is 2.75. The average molecular weight is 293 g/mol. The summed E-state index contributed by atoms with van der Waals surface area (Å²) in [5.74, 6) is 0.282. The van der Waals surface area contributed by atoms with Gasteiger partial charge in [-0.25, -0.2) is 4.98 Å². The van der Waals surface area contributed by atoms with Crippen molar-refractivity contribution in [2.24, 2.45) is 5.92 Å². The van der Waals surface area contributed by atoms with E-state index in [1.54, 1.807) is 0 Å². The van der Waals surface area contributed by atoms with Gasteiger partial charge in [0.05, 0.1) is 10.4 Å². The molecular weight excluding hydrogens is 276 g/mol. The van der Waals surface area contributed by atoms with Gasteiger partial charge >= 0.3 is 5.69 Å². The summed E-state index contributed by atoms with van der Waals surface area (Å²) in [6, 6.07) is 5.75. The topological polar surface area (TPSA) is 56.0 Å². The molecule has 0 amide bonds. The highest BCUT2D eigenvalue weighted by Gasteiger charge is 2.24. The summed E-state index contributed by atoms with van der Waals surface area (Å²) in [4.78, 5) is 15.3. The quantitative estimate of drug-likeness (QED) is 0.613. The summed E-state index contributed by atoms with van der Waals surface area (Å²) in [6.07, 6.45) is 1.40. The molecule has 1 heterocycles. The van der Waals surface area contributed by atoms with Gasteiger partial charge in [-0.3, -0.25) is 10.1 Å². The van der Waals surface area contributed by atoms with E-state index in [4.69, 9.17) is 11.6 Å². The van der Waals surface area contributed by atoms with Crippen LogP contribution in [0.3, 0.4) is 0 Å². The van der Waals surface area contributed by atoms with Gasteiger partial charge in [0.2, 0.25) is 0 Å². The molecule has 5 heteroatoms. The minimum atomic E-state index is -0.425. The minimum Gasteiger partial charge on any atom is -0.258 e. The molecule has 0 aliphatic carbocycles. The molecule has 2 aromatic rings. The maximum atomic E-state index is 11.3. The number of hydrogen-bond acceptors (Lipinski definition) is 3. The van der Waals surface area contributed by atoms with E-state index in [2.05, 4.69) is 4.98 Å². The lowest BCUT2D eigenvalue weighted by Gasteiger charge is -2.10. The lowest BCUT2D eigenvalue weighted by atomic mass is 10.0.